The van der Waals surface area contributed by atoms with Crippen molar-refractivity contribution in [1.29, 1.82) is 0 Å². The zero-order valence-electron chi connectivity index (χ0n) is 6.35. The minimum Gasteiger partial charge on any atom is -0.296 e. The Hall–Kier alpha value is -1.78. The predicted octanol–water partition coefficient (Wildman–Crippen LogP) is 1.11. The van der Waals surface area contributed by atoms with Crippen molar-refractivity contribution in [2.45, 2.75) is 6.92 Å². The number of hydrogen-bond acceptors (Lipinski definition) is 4. The summed E-state index contributed by atoms with van der Waals surface area (Å²) < 4.78 is 0. The molecule has 0 aromatic carbocycles. The van der Waals surface area contributed by atoms with Crippen molar-refractivity contribution in [3.05, 3.63) is 33.6 Å². The molecular formula is C7H6N2O3. The molecule has 0 saturated heterocycles. The van der Waals surface area contributed by atoms with Crippen molar-refractivity contribution in [1.82, 2.24) is 4.98 Å². The van der Waals surface area contributed by atoms with Gasteiger partial charge in [-0.1, -0.05) is 0 Å². The van der Waals surface area contributed by atoms with Gasteiger partial charge in [0.05, 0.1) is 4.92 Å². The normalized spacial score (nSPS) is 9.42. The molecule has 12 heavy (non-hydrogen) atoms. The topological polar surface area (TPSA) is 73.1 Å². The third kappa shape index (κ3) is 1.45. The van der Waals surface area contributed by atoms with Crippen molar-refractivity contribution in [2.24, 2.45) is 0 Å². The molecule has 5 nitrogen and oxygen atoms in total. The Morgan fingerprint density at radius 3 is 2.83 bits per heavy atom. The molecule has 0 spiro atoms. The molecule has 1 aromatic rings. The summed E-state index contributed by atoms with van der Waals surface area (Å²) in [4.78, 5) is 23.7. The number of carbonyl (C=O) groups is 1. The minimum absolute atomic E-state index is 0.0762. The highest BCUT2D eigenvalue weighted by molar-refractivity contribution is 5.73. The van der Waals surface area contributed by atoms with Gasteiger partial charge in [0.25, 0.3) is 5.69 Å². The maximum atomic E-state index is 10.4. The molecule has 0 unspecified atom stereocenters. The Bertz CT molecular complexity index is 335. The Morgan fingerprint density at radius 2 is 2.33 bits per heavy atom. The smallest absolute Gasteiger partial charge is 0.276 e. The molecule has 0 radical (unpaired) electrons. The lowest BCUT2D eigenvalue weighted by atomic mass is 10.2. The molecule has 0 atom stereocenters. The molecule has 1 aromatic heterocycles. The molecule has 0 aliphatic heterocycles. The summed E-state index contributed by atoms with van der Waals surface area (Å²) in [5.41, 5.74) is 0.449. The first-order valence-corrected chi connectivity index (χ1v) is 3.21. The highest BCUT2D eigenvalue weighted by atomic mass is 16.6. The summed E-state index contributed by atoms with van der Waals surface area (Å²) in [6.45, 7) is 1.57. The van der Waals surface area contributed by atoms with E-state index in [0.717, 1.165) is 6.07 Å². The molecule has 1 rings (SSSR count). The fourth-order valence-corrected chi connectivity index (χ4v) is 0.790. The van der Waals surface area contributed by atoms with Crippen LogP contribution in [0.3, 0.4) is 0 Å². The summed E-state index contributed by atoms with van der Waals surface area (Å²) >= 11 is 0. The second-order valence-electron chi connectivity index (χ2n) is 2.27. The minimum atomic E-state index is -0.538. The van der Waals surface area contributed by atoms with Crippen LogP contribution in [0.5, 0.6) is 0 Å². The fourth-order valence-electron chi connectivity index (χ4n) is 0.790. The summed E-state index contributed by atoms with van der Waals surface area (Å²) in [6.07, 6.45) is 1.79. The standard InChI is InChI=1S/C7H6N2O3/c1-5-3-8-6(4-10)2-7(5)9(11)12/h2-4H,1H3. The number of aryl methyl sites for hydroxylation is 1. The number of nitro groups is 1. The monoisotopic (exact) mass is 166 g/mol. The molecule has 62 valence electrons. The van der Waals surface area contributed by atoms with Crippen molar-refractivity contribution in [3.63, 3.8) is 0 Å². The first kappa shape index (κ1) is 8.32. The van der Waals surface area contributed by atoms with Gasteiger partial charge in [0.1, 0.15) is 5.69 Å². The van der Waals surface area contributed by atoms with Gasteiger partial charge in [0.2, 0.25) is 0 Å². The maximum Gasteiger partial charge on any atom is 0.276 e. The van der Waals surface area contributed by atoms with E-state index in [9.17, 15) is 14.9 Å². The molecule has 0 amide bonds. The lowest BCUT2D eigenvalue weighted by molar-refractivity contribution is -0.385. The fraction of sp³-hybridized carbons (Fsp3) is 0.143. The van der Waals surface area contributed by atoms with E-state index in [-0.39, 0.29) is 11.4 Å². The van der Waals surface area contributed by atoms with Crippen LogP contribution in [0.25, 0.3) is 0 Å². The highest BCUT2D eigenvalue weighted by Gasteiger charge is 2.10. The SMILES string of the molecule is Cc1cnc(C=O)cc1[N+](=O)[O-]. The van der Waals surface area contributed by atoms with E-state index in [1.807, 2.05) is 0 Å². The zero-order valence-corrected chi connectivity index (χ0v) is 6.35. The van der Waals surface area contributed by atoms with E-state index in [2.05, 4.69) is 4.98 Å². The third-order valence-corrected chi connectivity index (χ3v) is 1.41. The largest absolute Gasteiger partial charge is 0.296 e. The lowest BCUT2D eigenvalue weighted by Crippen LogP contribution is -1.95. The van der Waals surface area contributed by atoms with Crippen LogP contribution in [-0.2, 0) is 0 Å². The van der Waals surface area contributed by atoms with Crippen molar-refractivity contribution >= 4 is 12.0 Å². The number of aldehydes is 1. The van der Waals surface area contributed by atoms with Crippen LogP contribution in [0.2, 0.25) is 0 Å². The van der Waals surface area contributed by atoms with Crippen LogP contribution in [0, 0.1) is 17.0 Å². The second-order valence-corrected chi connectivity index (χ2v) is 2.27. The van der Waals surface area contributed by atoms with Gasteiger partial charge in [-0.2, -0.15) is 0 Å². The van der Waals surface area contributed by atoms with Crippen LogP contribution in [0.4, 0.5) is 5.69 Å². The van der Waals surface area contributed by atoms with Crippen LogP contribution >= 0.6 is 0 Å². The Labute approximate surface area is 68.2 Å². The van der Waals surface area contributed by atoms with Crippen LogP contribution < -0.4 is 0 Å². The predicted molar refractivity (Wildman–Crippen MR) is 41.0 cm³/mol. The number of carbonyl (C=O) groups excluding carboxylic acids is 1. The first-order chi connectivity index (χ1) is 5.65. The van der Waals surface area contributed by atoms with Gasteiger partial charge in [0.15, 0.2) is 6.29 Å². The molecule has 0 N–H and O–H groups in total. The number of nitrogens with zero attached hydrogens (tertiary/aromatic N) is 2. The molecule has 0 aliphatic rings. The van der Waals surface area contributed by atoms with E-state index in [1.165, 1.54) is 6.20 Å². The molecule has 0 saturated carbocycles. The van der Waals surface area contributed by atoms with E-state index in [1.54, 1.807) is 6.92 Å². The van der Waals surface area contributed by atoms with Crippen molar-refractivity contribution in [3.8, 4) is 0 Å². The van der Waals surface area contributed by atoms with E-state index < -0.39 is 4.92 Å². The number of hydrogen-bond donors (Lipinski definition) is 0. The Morgan fingerprint density at radius 1 is 1.67 bits per heavy atom. The average molecular weight is 166 g/mol. The highest BCUT2D eigenvalue weighted by Crippen LogP contribution is 2.15. The van der Waals surface area contributed by atoms with Gasteiger partial charge in [-0.25, -0.2) is 0 Å². The molecule has 5 heteroatoms. The quantitative estimate of drug-likeness (QED) is 0.374. The molecular weight excluding hydrogens is 160 g/mol. The lowest BCUT2D eigenvalue weighted by Gasteiger charge is -1.95. The molecule has 0 aliphatic carbocycles. The second kappa shape index (κ2) is 3.08. The maximum absolute atomic E-state index is 10.4. The average Bonchev–Trinajstić information content (AvgIpc) is 2.05. The van der Waals surface area contributed by atoms with Crippen molar-refractivity contribution in [2.75, 3.05) is 0 Å². The van der Waals surface area contributed by atoms with Crippen LogP contribution in [0.15, 0.2) is 12.3 Å². The number of rotatable bonds is 2. The van der Waals surface area contributed by atoms with E-state index in [4.69, 9.17) is 0 Å². The Balaban J connectivity index is 3.25. The molecule has 0 fully saturated rings. The van der Waals surface area contributed by atoms with Gasteiger partial charge < -0.3 is 0 Å². The zero-order chi connectivity index (χ0) is 9.14. The van der Waals surface area contributed by atoms with Gasteiger partial charge in [-0.3, -0.25) is 19.9 Å². The van der Waals surface area contributed by atoms with Gasteiger partial charge in [0, 0.05) is 17.8 Å². The summed E-state index contributed by atoms with van der Waals surface area (Å²) in [6, 6.07) is 1.16. The third-order valence-electron chi connectivity index (χ3n) is 1.41. The van der Waals surface area contributed by atoms with E-state index >= 15 is 0 Å². The van der Waals surface area contributed by atoms with Crippen LogP contribution in [-0.4, -0.2) is 16.2 Å². The van der Waals surface area contributed by atoms with Gasteiger partial charge in [-0.15, -0.1) is 0 Å². The van der Waals surface area contributed by atoms with Crippen molar-refractivity contribution < 1.29 is 9.72 Å². The summed E-state index contributed by atoms with van der Waals surface area (Å²) in [7, 11) is 0. The van der Waals surface area contributed by atoms with Crippen LogP contribution in [0.1, 0.15) is 16.1 Å². The molecule has 0 bridgehead atoms. The number of pyridine rings is 1. The first-order valence-electron chi connectivity index (χ1n) is 3.21. The van der Waals surface area contributed by atoms with E-state index in [0.29, 0.717) is 11.8 Å². The Kier molecular flexibility index (Phi) is 2.14. The summed E-state index contributed by atoms with van der Waals surface area (Å²) in [5.74, 6) is 0. The van der Waals surface area contributed by atoms with Gasteiger partial charge in [-0.05, 0) is 6.92 Å². The van der Waals surface area contributed by atoms with Gasteiger partial charge >= 0.3 is 0 Å². The summed E-state index contributed by atoms with van der Waals surface area (Å²) in [5, 5.41) is 10.4. The number of aromatic nitrogens is 1. The molecule has 1 heterocycles.